The zero-order valence-corrected chi connectivity index (χ0v) is 13.1. The highest BCUT2D eigenvalue weighted by atomic mass is 16.6. The van der Waals surface area contributed by atoms with Crippen molar-refractivity contribution in [2.24, 2.45) is 0 Å². The van der Waals surface area contributed by atoms with Crippen LogP contribution in [0.15, 0.2) is 30.3 Å². The predicted molar refractivity (Wildman–Crippen MR) is 81.3 cm³/mol. The van der Waals surface area contributed by atoms with Gasteiger partial charge in [-0.25, -0.2) is 0 Å². The van der Waals surface area contributed by atoms with Crippen molar-refractivity contribution in [2.75, 3.05) is 13.2 Å². The van der Waals surface area contributed by atoms with E-state index in [4.69, 9.17) is 9.47 Å². The standard InChI is InChI=1S/C16H25NO4/c1-12(15(19)21-16(2,3)4)17-10-13(18)11-20-14-8-6-5-7-9-14/h5-9,12-13,17-18H,10-11H2,1-4H3/t12-,13?/m0/s1. The molecule has 21 heavy (non-hydrogen) atoms. The van der Waals surface area contributed by atoms with Crippen molar-refractivity contribution in [1.82, 2.24) is 5.32 Å². The maximum Gasteiger partial charge on any atom is 0.323 e. The number of benzene rings is 1. The van der Waals surface area contributed by atoms with E-state index < -0.39 is 17.7 Å². The number of carbonyl (C=O) groups is 1. The summed E-state index contributed by atoms with van der Waals surface area (Å²) in [5.74, 6) is 0.371. The van der Waals surface area contributed by atoms with Crippen LogP contribution in [-0.4, -0.2) is 42.0 Å². The zero-order valence-electron chi connectivity index (χ0n) is 13.1. The van der Waals surface area contributed by atoms with Crippen LogP contribution in [0, 0.1) is 0 Å². The van der Waals surface area contributed by atoms with Crippen molar-refractivity contribution in [3.05, 3.63) is 30.3 Å². The molecule has 0 saturated carbocycles. The summed E-state index contributed by atoms with van der Waals surface area (Å²) < 4.78 is 10.7. The van der Waals surface area contributed by atoms with Crippen molar-refractivity contribution < 1.29 is 19.4 Å². The monoisotopic (exact) mass is 295 g/mol. The molecule has 0 bridgehead atoms. The van der Waals surface area contributed by atoms with Crippen LogP contribution in [-0.2, 0) is 9.53 Å². The smallest absolute Gasteiger partial charge is 0.323 e. The van der Waals surface area contributed by atoms with Crippen LogP contribution in [0.3, 0.4) is 0 Å². The fourth-order valence-electron chi connectivity index (χ4n) is 1.55. The third-order valence-electron chi connectivity index (χ3n) is 2.61. The van der Waals surface area contributed by atoms with E-state index in [1.54, 1.807) is 6.92 Å². The number of aliphatic hydroxyl groups excluding tert-OH is 1. The van der Waals surface area contributed by atoms with Gasteiger partial charge in [0.2, 0.25) is 0 Å². The summed E-state index contributed by atoms with van der Waals surface area (Å²) in [5.41, 5.74) is -0.512. The number of rotatable bonds is 7. The fraction of sp³-hybridized carbons (Fsp3) is 0.562. The van der Waals surface area contributed by atoms with Crippen LogP contribution in [0.4, 0.5) is 0 Å². The minimum Gasteiger partial charge on any atom is -0.491 e. The van der Waals surface area contributed by atoms with E-state index in [0.717, 1.165) is 0 Å². The molecule has 0 spiro atoms. The molecule has 0 aromatic heterocycles. The lowest BCUT2D eigenvalue weighted by molar-refractivity contribution is -0.157. The number of para-hydroxylation sites is 1. The molecule has 0 radical (unpaired) electrons. The van der Waals surface area contributed by atoms with E-state index in [1.807, 2.05) is 51.1 Å². The van der Waals surface area contributed by atoms with Crippen LogP contribution in [0.5, 0.6) is 5.75 Å². The van der Waals surface area contributed by atoms with E-state index in [1.165, 1.54) is 0 Å². The number of esters is 1. The number of carbonyl (C=O) groups excluding carboxylic acids is 1. The Kier molecular flexibility index (Phi) is 6.65. The number of ether oxygens (including phenoxy) is 2. The Morgan fingerprint density at radius 1 is 1.29 bits per heavy atom. The Morgan fingerprint density at radius 2 is 1.90 bits per heavy atom. The molecule has 0 aliphatic heterocycles. The maximum atomic E-state index is 11.8. The lowest BCUT2D eigenvalue weighted by atomic mass is 10.2. The first-order chi connectivity index (χ1) is 9.78. The van der Waals surface area contributed by atoms with Crippen LogP contribution in [0.25, 0.3) is 0 Å². The van der Waals surface area contributed by atoms with Gasteiger partial charge in [-0.1, -0.05) is 18.2 Å². The van der Waals surface area contributed by atoms with E-state index >= 15 is 0 Å². The van der Waals surface area contributed by atoms with Crippen molar-refractivity contribution in [3.63, 3.8) is 0 Å². The maximum absolute atomic E-state index is 11.8. The van der Waals surface area contributed by atoms with Gasteiger partial charge in [-0.05, 0) is 39.8 Å². The fourth-order valence-corrected chi connectivity index (χ4v) is 1.55. The highest BCUT2D eigenvalue weighted by Gasteiger charge is 2.21. The molecule has 2 atom stereocenters. The zero-order chi connectivity index (χ0) is 15.9. The largest absolute Gasteiger partial charge is 0.491 e. The molecular formula is C16H25NO4. The van der Waals surface area contributed by atoms with E-state index in [2.05, 4.69) is 5.32 Å². The van der Waals surface area contributed by atoms with Gasteiger partial charge in [-0.15, -0.1) is 0 Å². The van der Waals surface area contributed by atoms with Crippen molar-refractivity contribution in [3.8, 4) is 5.75 Å². The average Bonchev–Trinajstić information content (AvgIpc) is 2.41. The summed E-state index contributed by atoms with van der Waals surface area (Å²) in [6.45, 7) is 7.59. The summed E-state index contributed by atoms with van der Waals surface area (Å²) in [6, 6.07) is 8.80. The van der Waals surface area contributed by atoms with Gasteiger partial charge in [0.05, 0.1) is 0 Å². The topological polar surface area (TPSA) is 67.8 Å². The lowest BCUT2D eigenvalue weighted by Gasteiger charge is -2.23. The SMILES string of the molecule is C[C@H](NCC(O)COc1ccccc1)C(=O)OC(C)(C)C. The van der Waals surface area contributed by atoms with Crippen LogP contribution in [0.1, 0.15) is 27.7 Å². The molecule has 0 fully saturated rings. The third kappa shape index (κ3) is 7.68. The van der Waals surface area contributed by atoms with Gasteiger partial charge < -0.3 is 19.9 Å². The van der Waals surface area contributed by atoms with Crippen molar-refractivity contribution in [1.29, 1.82) is 0 Å². The van der Waals surface area contributed by atoms with Gasteiger partial charge in [0.25, 0.3) is 0 Å². The molecule has 1 unspecified atom stereocenters. The Labute approximate surface area is 126 Å². The van der Waals surface area contributed by atoms with Gasteiger partial charge in [0.15, 0.2) is 0 Å². The summed E-state index contributed by atoms with van der Waals surface area (Å²) in [5, 5.41) is 12.8. The molecule has 5 heteroatoms. The second-order valence-corrected chi connectivity index (χ2v) is 5.94. The van der Waals surface area contributed by atoms with Gasteiger partial charge in [-0.3, -0.25) is 4.79 Å². The Bertz CT molecular complexity index is 428. The Morgan fingerprint density at radius 3 is 2.48 bits per heavy atom. The third-order valence-corrected chi connectivity index (χ3v) is 2.61. The van der Waals surface area contributed by atoms with Gasteiger partial charge in [0.1, 0.15) is 30.1 Å². The minimum absolute atomic E-state index is 0.165. The first-order valence-electron chi connectivity index (χ1n) is 7.10. The summed E-state index contributed by atoms with van der Waals surface area (Å²) in [7, 11) is 0. The molecule has 0 aliphatic rings. The average molecular weight is 295 g/mol. The first-order valence-corrected chi connectivity index (χ1v) is 7.10. The molecule has 1 aromatic rings. The Hall–Kier alpha value is -1.59. The number of aliphatic hydroxyl groups is 1. The molecule has 0 saturated heterocycles. The molecule has 118 valence electrons. The molecule has 5 nitrogen and oxygen atoms in total. The van der Waals surface area contributed by atoms with Crippen molar-refractivity contribution in [2.45, 2.75) is 45.4 Å². The van der Waals surface area contributed by atoms with Crippen LogP contribution >= 0.6 is 0 Å². The summed E-state index contributed by atoms with van der Waals surface area (Å²) >= 11 is 0. The van der Waals surface area contributed by atoms with E-state index in [0.29, 0.717) is 5.75 Å². The van der Waals surface area contributed by atoms with Gasteiger partial charge in [-0.2, -0.15) is 0 Å². The van der Waals surface area contributed by atoms with Crippen LogP contribution in [0.2, 0.25) is 0 Å². The quantitative estimate of drug-likeness (QED) is 0.750. The first kappa shape index (κ1) is 17.5. The predicted octanol–water partition coefficient (Wildman–Crippen LogP) is 1.75. The van der Waals surface area contributed by atoms with Gasteiger partial charge in [0, 0.05) is 6.54 Å². The highest BCUT2D eigenvalue weighted by molar-refractivity contribution is 5.75. The Balaban J connectivity index is 2.26. The number of nitrogens with one attached hydrogen (secondary N) is 1. The minimum atomic E-state index is -0.699. The van der Waals surface area contributed by atoms with Crippen LogP contribution < -0.4 is 10.1 Å². The van der Waals surface area contributed by atoms with Crippen molar-refractivity contribution >= 4 is 5.97 Å². The molecule has 1 rings (SSSR count). The summed E-state index contributed by atoms with van der Waals surface area (Å²) in [4.78, 5) is 11.8. The molecule has 1 aromatic carbocycles. The second kappa shape index (κ2) is 8.00. The number of hydrogen-bond acceptors (Lipinski definition) is 5. The number of hydrogen-bond donors (Lipinski definition) is 2. The molecule has 0 heterocycles. The lowest BCUT2D eigenvalue weighted by Crippen LogP contribution is -2.43. The molecular weight excluding hydrogens is 270 g/mol. The molecule has 2 N–H and O–H groups in total. The van der Waals surface area contributed by atoms with E-state index in [-0.39, 0.29) is 19.1 Å². The van der Waals surface area contributed by atoms with E-state index in [9.17, 15) is 9.90 Å². The second-order valence-electron chi connectivity index (χ2n) is 5.94. The van der Waals surface area contributed by atoms with Gasteiger partial charge >= 0.3 is 5.97 Å². The molecule has 0 aliphatic carbocycles. The molecule has 0 amide bonds. The highest BCUT2D eigenvalue weighted by Crippen LogP contribution is 2.09. The summed E-state index contributed by atoms with van der Waals surface area (Å²) in [6.07, 6.45) is -0.699. The normalized spacial score (nSPS) is 14.3.